The van der Waals surface area contributed by atoms with E-state index in [1.165, 1.54) is 32.4 Å². The van der Waals surface area contributed by atoms with Gasteiger partial charge in [0.1, 0.15) is 0 Å². The molecule has 2 heterocycles. The third kappa shape index (κ3) is 2.60. The van der Waals surface area contributed by atoms with E-state index in [2.05, 4.69) is 29.0 Å². The van der Waals surface area contributed by atoms with E-state index in [4.69, 9.17) is 0 Å². The highest BCUT2D eigenvalue weighted by Crippen LogP contribution is 2.43. The quantitative estimate of drug-likeness (QED) is 0.835. The van der Waals surface area contributed by atoms with Crippen LogP contribution in [0.15, 0.2) is 0 Å². The van der Waals surface area contributed by atoms with Crippen LogP contribution in [-0.2, 0) is 4.79 Å². The minimum Gasteiger partial charge on any atom is -0.322 e. The average molecular weight is 279 g/mol. The fourth-order valence-corrected chi connectivity index (χ4v) is 3.92. The number of piperidine rings is 1. The van der Waals surface area contributed by atoms with E-state index in [1.54, 1.807) is 0 Å². The Hall–Kier alpha value is -0.610. The van der Waals surface area contributed by atoms with Gasteiger partial charge in [-0.1, -0.05) is 19.8 Å². The molecule has 3 fully saturated rings. The van der Waals surface area contributed by atoms with Crippen molar-refractivity contribution in [3.05, 3.63) is 0 Å². The highest BCUT2D eigenvalue weighted by atomic mass is 16.2. The summed E-state index contributed by atoms with van der Waals surface area (Å²) in [7, 11) is 0. The minimum absolute atomic E-state index is 0.157. The first-order valence-electron chi connectivity index (χ1n) is 8.49. The molecule has 2 saturated heterocycles. The van der Waals surface area contributed by atoms with Gasteiger partial charge in [0.2, 0.25) is 5.91 Å². The van der Waals surface area contributed by atoms with Crippen LogP contribution in [0.5, 0.6) is 0 Å². The first-order valence-corrected chi connectivity index (χ1v) is 8.49. The van der Waals surface area contributed by atoms with Gasteiger partial charge in [-0.2, -0.15) is 0 Å². The van der Waals surface area contributed by atoms with Gasteiger partial charge in [-0.15, -0.1) is 0 Å². The summed E-state index contributed by atoms with van der Waals surface area (Å²) in [5.41, 5.74) is -0.157. The predicted molar refractivity (Wildman–Crippen MR) is 80.4 cm³/mol. The molecule has 0 aromatic carbocycles. The summed E-state index contributed by atoms with van der Waals surface area (Å²) in [5, 5.41) is 3.62. The summed E-state index contributed by atoms with van der Waals surface area (Å²) >= 11 is 0. The second-order valence-corrected chi connectivity index (χ2v) is 6.95. The maximum Gasteiger partial charge on any atom is 0.244 e. The summed E-state index contributed by atoms with van der Waals surface area (Å²) in [6, 6.07) is 0.338. The molecule has 4 heteroatoms. The molecule has 3 rings (SSSR count). The molecule has 1 N–H and O–H groups in total. The molecule has 1 amide bonds. The van der Waals surface area contributed by atoms with Crippen LogP contribution in [0.4, 0.5) is 0 Å². The van der Waals surface area contributed by atoms with Gasteiger partial charge >= 0.3 is 0 Å². The fraction of sp³-hybridized carbons (Fsp3) is 0.938. The zero-order valence-electron chi connectivity index (χ0n) is 13.0. The van der Waals surface area contributed by atoms with Gasteiger partial charge in [-0.3, -0.25) is 10.1 Å². The maximum absolute atomic E-state index is 12.7. The van der Waals surface area contributed by atoms with Crippen LogP contribution in [0.25, 0.3) is 0 Å². The summed E-state index contributed by atoms with van der Waals surface area (Å²) in [6.07, 6.45) is 8.58. The minimum atomic E-state index is -0.157. The Morgan fingerprint density at radius 1 is 1.30 bits per heavy atom. The largest absolute Gasteiger partial charge is 0.322 e. The van der Waals surface area contributed by atoms with Crippen LogP contribution in [0.2, 0.25) is 0 Å². The van der Waals surface area contributed by atoms with E-state index in [0.717, 1.165) is 32.2 Å². The van der Waals surface area contributed by atoms with Crippen molar-refractivity contribution in [1.82, 2.24) is 15.1 Å². The van der Waals surface area contributed by atoms with Crippen molar-refractivity contribution < 1.29 is 4.79 Å². The second-order valence-electron chi connectivity index (χ2n) is 6.95. The molecule has 1 spiro atoms. The molecule has 0 aromatic heterocycles. The number of rotatable bonds is 5. The van der Waals surface area contributed by atoms with Gasteiger partial charge in [0.05, 0.1) is 11.7 Å². The van der Waals surface area contributed by atoms with Gasteiger partial charge in [-0.05, 0) is 52.1 Å². The summed E-state index contributed by atoms with van der Waals surface area (Å²) in [4.78, 5) is 17.4. The summed E-state index contributed by atoms with van der Waals surface area (Å²) in [6.45, 7) is 7.91. The van der Waals surface area contributed by atoms with Gasteiger partial charge in [0.15, 0.2) is 0 Å². The van der Waals surface area contributed by atoms with Crippen molar-refractivity contribution in [3.63, 3.8) is 0 Å². The van der Waals surface area contributed by atoms with E-state index in [1.807, 2.05) is 0 Å². The van der Waals surface area contributed by atoms with Crippen LogP contribution >= 0.6 is 0 Å². The zero-order valence-corrected chi connectivity index (χ0v) is 13.0. The number of carbonyl (C=O) groups excluding carboxylic acids is 1. The first-order chi connectivity index (χ1) is 9.66. The highest BCUT2D eigenvalue weighted by molar-refractivity contribution is 5.92. The lowest BCUT2D eigenvalue weighted by Crippen LogP contribution is -2.49. The number of amides is 1. The van der Waals surface area contributed by atoms with E-state index >= 15 is 0 Å². The zero-order chi connectivity index (χ0) is 14.2. The molecular weight excluding hydrogens is 250 g/mol. The molecule has 1 aliphatic carbocycles. The van der Waals surface area contributed by atoms with Crippen LogP contribution < -0.4 is 5.32 Å². The normalized spacial score (nSPS) is 31.0. The van der Waals surface area contributed by atoms with Crippen molar-refractivity contribution in [3.8, 4) is 0 Å². The number of likely N-dealkylation sites (tertiary alicyclic amines) is 1. The Balaban J connectivity index is 1.64. The molecule has 4 nitrogen and oxygen atoms in total. The van der Waals surface area contributed by atoms with E-state index in [0.29, 0.717) is 11.9 Å². The van der Waals surface area contributed by atoms with E-state index in [9.17, 15) is 4.79 Å². The van der Waals surface area contributed by atoms with Gasteiger partial charge in [-0.25, -0.2) is 0 Å². The maximum atomic E-state index is 12.7. The molecule has 0 bridgehead atoms. The summed E-state index contributed by atoms with van der Waals surface area (Å²) in [5.74, 6) is 0.375. The van der Waals surface area contributed by atoms with Crippen molar-refractivity contribution in [1.29, 1.82) is 0 Å². The van der Waals surface area contributed by atoms with E-state index < -0.39 is 0 Å². The number of hydrogen-bond donors (Lipinski definition) is 1. The second kappa shape index (κ2) is 5.64. The Kier molecular flexibility index (Phi) is 4.04. The van der Waals surface area contributed by atoms with Crippen molar-refractivity contribution in [2.75, 3.05) is 19.6 Å². The topological polar surface area (TPSA) is 35.6 Å². The molecule has 2 atom stereocenters. The molecule has 20 heavy (non-hydrogen) atoms. The van der Waals surface area contributed by atoms with Gasteiger partial charge in [0.25, 0.3) is 0 Å². The van der Waals surface area contributed by atoms with Crippen LogP contribution in [0.1, 0.15) is 58.8 Å². The van der Waals surface area contributed by atoms with E-state index in [-0.39, 0.29) is 11.7 Å². The first kappa shape index (κ1) is 14.3. The van der Waals surface area contributed by atoms with Crippen molar-refractivity contribution in [2.24, 2.45) is 0 Å². The smallest absolute Gasteiger partial charge is 0.244 e. The molecule has 114 valence electrons. The van der Waals surface area contributed by atoms with Crippen LogP contribution in [0.3, 0.4) is 0 Å². The lowest BCUT2D eigenvalue weighted by Gasteiger charge is -2.35. The Labute approximate surface area is 122 Å². The summed E-state index contributed by atoms with van der Waals surface area (Å²) < 4.78 is 0. The molecule has 3 aliphatic rings. The lowest BCUT2D eigenvalue weighted by molar-refractivity contribution is -0.133. The standard InChI is InChI=1S/C16H29N3O/c1-3-7-14-17-16(8-9-16)15(20)19(14)13(2)12-18-10-5-4-6-11-18/h13-14,17H,3-12H2,1-2H3. The Morgan fingerprint density at radius 2 is 2.00 bits per heavy atom. The third-order valence-electron chi connectivity index (χ3n) is 5.18. The van der Waals surface area contributed by atoms with Crippen LogP contribution in [-0.4, -0.2) is 53.1 Å². The van der Waals surface area contributed by atoms with Crippen molar-refractivity contribution in [2.45, 2.75) is 76.5 Å². The van der Waals surface area contributed by atoms with Crippen molar-refractivity contribution >= 4 is 5.91 Å². The average Bonchev–Trinajstić information content (AvgIpc) is 3.15. The van der Waals surface area contributed by atoms with Gasteiger partial charge < -0.3 is 9.80 Å². The Bertz CT molecular complexity index is 361. The molecule has 1 saturated carbocycles. The van der Waals surface area contributed by atoms with Gasteiger partial charge in [0, 0.05) is 12.6 Å². The monoisotopic (exact) mass is 279 g/mol. The number of hydrogen-bond acceptors (Lipinski definition) is 3. The molecule has 0 aromatic rings. The number of carbonyl (C=O) groups is 1. The van der Waals surface area contributed by atoms with Crippen LogP contribution in [0, 0.1) is 0 Å². The number of nitrogens with zero attached hydrogens (tertiary/aromatic N) is 2. The molecule has 2 unspecified atom stereocenters. The predicted octanol–water partition coefficient (Wildman–Crippen LogP) is 1.95. The molecule has 0 radical (unpaired) electrons. The number of nitrogens with one attached hydrogen (secondary N) is 1. The third-order valence-corrected chi connectivity index (χ3v) is 5.18. The molecular formula is C16H29N3O. The Morgan fingerprint density at radius 3 is 2.60 bits per heavy atom. The SMILES string of the molecule is CCCC1NC2(CC2)C(=O)N1C(C)CN1CCCCC1. The fourth-order valence-electron chi connectivity index (χ4n) is 3.92. The lowest BCUT2D eigenvalue weighted by atomic mass is 10.1. The highest BCUT2D eigenvalue weighted by Gasteiger charge is 2.59. The molecule has 2 aliphatic heterocycles.